The number of ether oxygens (including phenoxy) is 1. The summed E-state index contributed by atoms with van der Waals surface area (Å²) in [6.45, 7) is 8.39. The first-order chi connectivity index (χ1) is 13.1. The molecule has 0 bridgehead atoms. The Hall–Kier alpha value is -1.40. The molecule has 0 radical (unpaired) electrons. The molecule has 0 aliphatic carbocycles. The average Bonchev–Trinajstić information content (AvgIpc) is 2.68. The molecule has 1 aliphatic heterocycles. The predicted molar refractivity (Wildman–Crippen MR) is 105 cm³/mol. The summed E-state index contributed by atoms with van der Waals surface area (Å²) >= 11 is 0. The molecule has 0 atom stereocenters. The van der Waals surface area contributed by atoms with Crippen molar-refractivity contribution in [2.24, 2.45) is 0 Å². The highest BCUT2D eigenvalue weighted by molar-refractivity contribution is 7.53. The Morgan fingerprint density at radius 1 is 1.04 bits per heavy atom. The lowest BCUT2D eigenvalue weighted by atomic mass is 10.2. The number of carbonyl (C=O) groups excluding carboxylic acids is 1. The molecule has 1 aromatic rings. The van der Waals surface area contributed by atoms with Crippen molar-refractivity contribution in [3.05, 3.63) is 35.9 Å². The highest BCUT2D eigenvalue weighted by Gasteiger charge is 2.25. The molecule has 152 valence electrons. The van der Waals surface area contributed by atoms with E-state index in [-0.39, 0.29) is 6.09 Å². The first-order valence-electron chi connectivity index (χ1n) is 9.62. The molecule has 1 aliphatic rings. The van der Waals surface area contributed by atoms with Crippen molar-refractivity contribution in [3.8, 4) is 0 Å². The van der Waals surface area contributed by atoms with E-state index >= 15 is 0 Å². The van der Waals surface area contributed by atoms with Gasteiger partial charge in [0.2, 0.25) is 0 Å². The van der Waals surface area contributed by atoms with Crippen LogP contribution in [-0.2, 0) is 25.0 Å². The first kappa shape index (κ1) is 21.9. The molecule has 8 heteroatoms. The van der Waals surface area contributed by atoms with Crippen molar-refractivity contribution >= 4 is 13.7 Å². The van der Waals surface area contributed by atoms with Gasteiger partial charge in [-0.15, -0.1) is 0 Å². The minimum absolute atomic E-state index is 0.268. The average molecular weight is 398 g/mol. The lowest BCUT2D eigenvalue weighted by molar-refractivity contribution is 0.0717. The van der Waals surface area contributed by atoms with E-state index < -0.39 is 7.60 Å². The zero-order chi connectivity index (χ0) is 19.5. The van der Waals surface area contributed by atoms with Crippen LogP contribution in [0.4, 0.5) is 4.79 Å². The van der Waals surface area contributed by atoms with Gasteiger partial charge in [0, 0.05) is 26.2 Å². The lowest BCUT2D eigenvalue weighted by Gasteiger charge is -2.34. The maximum atomic E-state index is 12.5. The summed E-state index contributed by atoms with van der Waals surface area (Å²) in [5.41, 5.74) is 0.984. The first-order valence-corrected chi connectivity index (χ1v) is 11.3. The molecule has 0 N–H and O–H groups in total. The second-order valence-corrected chi connectivity index (χ2v) is 8.58. The topological polar surface area (TPSA) is 68.3 Å². The monoisotopic (exact) mass is 398 g/mol. The van der Waals surface area contributed by atoms with Gasteiger partial charge in [0.1, 0.15) is 6.61 Å². The summed E-state index contributed by atoms with van der Waals surface area (Å²) in [4.78, 5) is 16.2. The van der Waals surface area contributed by atoms with E-state index in [1.165, 1.54) is 0 Å². The zero-order valence-corrected chi connectivity index (χ0v) is 17.2. The van der Waals surface area contributed by atoms with Gasteiger partial charge < -0.3 is 18.7 Å². The van der Waals surface area contributed by atoms with Crippen LogP contribution in [0.15, 0.2) is 30.3 Å². The maximum absolute atomic E-state index is 12.5. The van der Waals surface area contributed by atoms with Gasteiger partial charge in [-0.25, -0.2) is 4.79 Å². The quantitative estimate of drug-likeness (QED) is 0.561. The summed E-state index contributed by atoms with van der Waals surface area (Å²) in [7, 11) is -2.96. The Kier molecular flexibility index (Phi) is 9.28. The fourth-order valence-corrected chi connectivity index (χ4v) is 4.66. The number of hydrogen-bond acceptors (Lipinski definition) is 6. The number of hydrogen-bond donors (Lipinski definition) is 0. The molecule has 1 amide bonds. The van der Waals surface area contributed by atoms with Crippen molar-refractivity contribution in [2.45, 2.75) is 26.9 Å². The van der Waals surface area contributed by atoms with Crippen LogP contribution in [0.1, 0.15) is 25.8 Å². The van der Waals surface area contributed by atoms with Crippen LogP contribution in [0.2, 0.25) is 0 Å². The Bertz CT molecular complexity index is 595. The van der Waals surface area contributed by atoms with Crippen LogP contribution in [-0.4, -0.2) is 68.0 Å². The van der Waals surface area contributed by atoms with Gasteiger partial charge in [-0.3, -0.25) is 9.46 Å². The largest absolute Gasteiger partial charge is 0.445 e. The van der Waals surface area contributed by atoms with E-state index in [4.69, 9.17) is 13.8 Å². The predicted octanol–water partition coefficient (Wildman–Crippen LogP) is 3.60. The standard InChI is InChI=1S/C19H31N2O5P/c1-3-25-27(23,26-4-2)16-8-11-20-12-14-21(15-13-20)19(22)24-17-18-9-6-5-7-10-18/h5-7,9-10H,3-4,8,11-17H2,1-2H3. The number of piperazine rings is 1. The van der Waals surface area contributed by atoms with Crippen LogP contribution < -0.4 is 0 Å². The van der Waals surface area contributed by atoms with E-state index in [0.29, 0.717) is 39.1 Å². The summed E-state index contributed by atoms with van der Waals surface area (Å²) in [5.74, 6) is 0. The van der Waals surface area contributed by atoms with E-state index in [1.807, 2.05) is 44.2 Å². The van der Waals surface area contributed by atoms with Crippen LogP contribution in [0.5, 0.6) is 0 Å². The highest BCUT2D eigenvalue weighted by Crippen LogP contribution is 2.48. The van der Waals surface area contributed by atoms with Gasteiger partial charge in [0.05, 0.1) is 19.4 Å². The minimum Gasteiger partial charge on any atom is -0.445 e. The third-order valence-corrected chi connectivity index (χ3v) is 6.56. The normalized spacial score (nSPS) is 15.7. The summed E-state index contributed by atoms with van der Waals surface area (Å²) in [6, 6.07) is 9.67. The molecule has 1 heterocycles. The Labute approximate surface area is 162 Å². The van der Waals surface area contributed by atoms with Gasteiger partial charge in [-0.1, -0.05) is 30.3 Å². The second-order valence-electron chi connectivity index (χ2n) is 6.39. The van der Waals surface area contributed by atoms with Crippen molar-refractivity contribution in [1.82, 2.24) is 9.80 Å². The van der Waals surface area contributed by atoms with Crippen molar-refractivity contribution in [1.29, 1.82) is 0 Å². The molecule has 0 spiro atoms. The zero-order valence-electron chi connectivity index (χ0n) is 16.3. The number of rotatable bonds is 10. The van der Waals surface area contributed by atoms with E-state index in [9.17, 15) is 9.36 Å². The van der Waals surface area contributed by atoms with Gasteiger partial charge in [0.25, 0.3) is 0 Å². The van der Waals surface area contributed by atoms with Crippen molar-refractivity contribution in [3.63, 3.8) is 0 Å². The van der Waals surface area contributed by atoms with Gasteiger partial charge in [-0.2, -0.15) is 0 Å². The Morgan fingerprint density at radius 3 is 2.26 bits per heavy atom. The number of amides is 1. The number of carbonyl (C=O) groups is 1. The Morgan fingerprint density at radius 2 is 1.67 bits per heavy atom. The van der Waals surface area contributed by atoms with Gasteiger partial charge in [0.15, 0.2) is 0 Å². The molecule has 7 nitrogen and oxygen atoms in total. The summed E-state index contributed by atoms with van der Waals surface area (Å²) in [6.07, 6.45) is 0.903. The third-order valence-electron chi connectivity index (χ3n) is 4.39. The molecule has 0 aromatic heterocycles. The maximum Gasteiger partial charge on any atom is 0.410 e. The fraction of sp³-hybridized carbons (Fsp3) is 0.632. The number of benzene rings is 1. The van der Waals surface area contributed by atoms with Gasteiger partial charge >= 0.3 is 13.7 Å². The third kappa shape index (κ3) is 7.62. The van der Waals surface area contributed by atoms with E-state index in [1.54, 1.807) is 4.90 Å². The highest BCUT2D eigenvalue weighted by atomic mass is 31.2. The fourth-order valence-electron chi connectivity index (χ4n) is 3.01. The molecular weight excluding hydrogens is 367 g/mol. The molecule has 2 rings (SSSR count). The molecule has 0 unspecified atom stereocenters. The van der Waals surface area contributed by atoms with E-state index in [0.717, 1.165) is 31.6 Å². The molecule has 1 saturated heterocycles. The molecular formula is C19H31N2O5P. The molecule has 27 heavy (non-hydrogen) atoms. The Balaban J connectivity index is 1.66. The summed E-state index contributed by atoms with van der Waals surface area (Å²) < 4.78 is 28.5. The minimum atomic E-state index is -2.96. The molecule has 0 saturated carbocycles. The number of nitrogens with zero attached hydrogens (tertiary/aromatic N) is 2. The second kappa shape index (κ2) is 11.4. The SMILES string of the molecule is CCOP(=O)(CCCN1CCN(C(=O)OCc2ccccc2)CC1)OCC. The molecule has 1 fully saturated rings. The van der Waals surface area contributed by atoms with Crippen LogP contribution >= 0.6 is 7.60 Å². The van der Waals surface area contributed by atoms with Gasteiger partial charge in [-0.05, 0) is 32.4 Å². The lowest BCUT2D eigenvalue weighted by Crippen LogP contribution is -2.49. The smallest absolute Gasteiger partial charge is 0.410 e. The van der Waals surface area contributed by atoms with Crippen LogP contribution in [0, 0.1) is 0 Å². The summed E-state index contributed by atoms with van der Waals surface area (Å²) in [5, 5.41) is 0. The van der Waals surface area contributed by atoms with Crippen molar-refractivity contribution < 1.29 is 23.1 Å². The van der Waals surface area contributed by atoms with Crippen molar-refractivity contribution in [2.75, 3.05) is 52.1 Å². The van der Waals surface area contributed by atoms with Crippen LogP contribution in [0.3, 0.4) is 0 Å². The molecule has 1 aromatic carbocycles. The van der Waals surface area contributed by atoms with E-state index in [2.05, 4.69) is 4.90 Å². The van der Waals surface area contributed by atoms with Crippen LogP contribution in [0.25, 0.3) is 0 Å².